The minimum atomic E-state index is -0.281. The van der Waals surface area contributed by atoms with E-state index in [2.05, 4.69) is 21.3 Å². The molecule has 2 aliphatic rings. The Hall–Kier alpha value is -2.47. The summed E-state index contributed by atoms with van der Waals surface area (Å²) in [5.41, 5.74) is 4.47. The highest BCUT2D eigenvalue weighted by molar-refractivity contribution is 5.94. The number of rotatable bonds is 6. The van der Waals surface area contributed by atoms with Crippen molar-refractivity contribution in [1.29, 1.82) is 0 Å². The zero-order valence-corrected chi connectivity index (χ0v) is 18.8. The summed E-state index contributed by atoms with van der Waals surface area (Å²) < 4.78 is 5.36. The van der Waals surface area contributed by atoms with Crippen LogP contribution in [-0.2, 0) is 11.2 Å². The van der Waals surface area contributed by atoms with E-state index in [1.165, 1.54) is 32.1 Å². The van der Waals surface area contributed by atoms with Crippen LogP contribution in [0.3, 0.4) is 0 Å². The molecule has 0 aromatic carbocycles. The zero-order valence-electron chi connectivity index (χ0n) is 18.8. The quantitative estimate of drug-likeness (QED) is 0.705. The predicted molar refractivity (Wildman–Crippen MR) is 124 cm³/mol. The SMILES string of the molecule is CCOC(=O)c1cc(N2CCNCC2)nc(-c2ccnc(CC3CCCCC3)c2)c1C. The highest BCUT2D eigenvalue weighted by Gasteiger charge is 2.22. The van der Waals surface area contributed by atoms with Crippen molar-refractivity contribution in [3.63, 3.8) is 0 Å². The van der Waals surface area contributed by atoms with Gasteiger partial charge in [-0.3, -0.25) is 4.98 Å². The van der Waals surface area contributed by atoms with Crippen molar-refractivity contribution < 1.29 is 9.53 Å². The molecule has 6 heteroatoms. The fraction of sp³-hybridized carbons (Fsp3) is 0.560. The van der Waals surface area contributed by atoms with Crippen LogP contribution >= 0.6 is 0 Å². The molecule has 2 aromatic heterocycles. The molecule has 1 aliphatic heterocycles. The van der Waals surface area contributed by atoms with Crippen molar-refractivity contribution >= 4 is 11.8 Å². The number of carbonyl (C=O) groups is 1. The predicted octanol–water partition coefficient (Wildman–Crippen LogP) is 4.16. The van der Waals surface area contributed by atoms with Gasteiger partial charge in [0.2, 0.25) is 0 Å². The Morgan fingerprint density at radius 3 is 2.71 bits per heavy atom. The van der Waals surface area contributed by atoms with Gasteiger partial charge in [-0.05, 0) is 49.9 Å². The molecule has 1 aliphatic carbocycles. The first-order chi connectivity index (χ1) is 15.2. The molecule has 166 valence electrons. The standard InChI is InChI=1S/C25H34N4O2/c1-3-31-25(30)22-17-23(29-13-11-26-12-14-29)28-24(18(22)2)20-9-10-27-21(16-20)15-19-7-5-4-6-8-19/h9-10,16-17,19,26H,3-8,11-15H2,1-2H3. The van der Waals surface area contributed by atoms with Gasteiger partial charge in [-0.25, -0.2) is 9.78 Å². The molecule has 0 bridgehead atoms. The first-order valence-electron chi connectivity index (χ1n) is 11.8. The van der Waals surface area contributed by atoms with Crippen LogP contribution in [-0.4, -0.2) is 48.7 Å². The lowest BCUT2D eigenvalue weighted by Gasteiger charge is -2.29. The van der Waals surface area contributed by atoms with Gasteiger partial charge in [0, 0.05) is 43.6 Å². The summed E-state index contributed by atoms with van der Waals surface area (Å²) in [6.07, 6.45) is 9.54. The lowest BCUT2D eigenvalue weighted by Crippen LogP contribution is -2.44. The van der Waals surface area contributed by atoms with Gasteiger partial charge in [0.05, 0.1) is 17.9 Å². The number of carbonyl (C=O) groups excluding carboxylic acids is 1. The maximum Gasteiger partial charge on any atom is 0.338 e. The Balaban J connectivity index is 1.69. The first kappa shape index (κ1) is 21.8. The molecule has 2 fully saturated rings. The van der Waals surface area contributed by atoms with Crippen LogP contribution in [0.5, 0.6) is 0 Å². The normalized spacial score (nSPS) is 17.5. The molecule has 4 rings (SSSR count). The van der Waals surface area contributed by atoms with E-state index in [-0.39, 0.29) is 5.97 Å². The van der Waals surface area contributed by atoms with E-state index in [1.54, 1.807) is 0 Å². The second kappa shape index (κ2) is 10.2. The molecule has 0 unspecified atom stereocenters. The van der Waals surface area contributed by atoms with Crippen molar-refractivity contribution in [2.24, 2.45) is 5.92 Å². The molecule has 3 heterocycles. The van der Waals surface area contributed by atoms with E-state index >= 15 is 0 Å². The van der Waals surface area contributed by atoms with Gasteiger partial charge in [0.25, 0.3) is 0 Å². The highest BCUT2D eigenvalue weighted by Crippen LogP contribution is 2.31. The number of hydrogen-bond donors (Lipinski definition) is 1. The van der Waals surface area contributed by atoms with Crippen LogP contribution in [0, 0.1) is 12.8 Å². The number of nitrogens with zero attached hydrogens (tertiary/aromatic N) is 3. The number of hydrogen-bond acceptors (Lipinski definition) is 6. The molecule has 0 atom stereocenters. The third-order valence-electron chi connectivity index (χ3n) is 6.51. The lowest BCUT2D eigenvalue weighted by molar-refractivity contribution is 0.0525. The maximum atomic E-state index is 12.7. The summed E-state index contributed by atoms with van der Waals surface area (Å²) in [5, 5.41) is 3.38. The summed E-state index contributed by atoms with van der Waals surface area (Å²) in [4.78, 5) is 24.6. The smallest absolute Gasteiger partial charge is 0.338 e. The molecule has 6 nitrogen and oxygen atoms in total. The second-order valence-corrected chi connectivity index (χ2v) is 8.70. The molecule has 0 spiro atoms. The summed E-state index contributed by atoms with van der Waals surface area (Å²) in [6.45, 7) is 7.76. The van der Waals surface area contributed by atoms with Crippen LogP contribution in [0.4, 0.5) is 5.82 Å². The van der Waals surface area contributed by atoms with Crippen molar-refractivity contribution in [3.05, 3.63) is 41.2 Å². The third kappa shape index (κ3) is 5.24. The average Bonchev–Trinajstić information content (AvgIpc) is 2.81. The minimum Gasteiger partial charge on any atom is -0.462 e. The number of anilines is 1. The van der Waals surface area contributed by atoms with Gasteiger partial charge >= 0.3 is 5.97 Å². The van der Waals surface area contributed by atoms with Gasteiger partial charge in [0.15, 0.2) is 0 Å². The highest BCUT2D eigenvalue weighted by atomic mass is 16.5. The summed E-state index contributed by atoms with van der Waals surface area (Å²) in [7, 11) is 0. The Bertz CT molecular complexity index is 902. The van der Waals surface area contributed by atoms with Gasteiger partial charge < -0.3 is 15.0 Å². The minimum absolute atomic E-state index is 0.281. The van der Waals surface area contributed by atoms with Crippen molar-refractivity contribution in [2.75, 3.05) is 37.7 Å². The van der Waals surface area contributed by atoms with Crippen molar-refractivity contribution in [3.8, 4) is 11.3 Å². The number of piperazine rings is 1. The van der Waals surface area contributed by atoms with E-state index in [9.17, 15) is 4.79 Å². The molecule has 0 radical (unpaired) electrons. The number of pyridine rings is 2. The Kier molecular flexibility index (Phi) is 7.17. The molecular weight excluding hydrogens is 388 g/mol. The van der Waals surface area contributed by atoms with E-state index in [4.69, 9.17) is 9.72 Å². The summed E-state index contributed by atoms with van der Waals surface area (Å²) in [6, 6.07) is 6.07. The van der Waals surface area contributed by atoms with Gasteiger partial charge in [-0.15, -0.1) is 0 Å². The van der Waals surface area contributed by atoms with Crippen LogP contribution in [0.25, 0.3) is 11.3 Å². The van der Waals surface area contributed by atoms with E-state index < -0.39 is 0 Å². The number of nitrogens with one attached hydrogen (secondary N) is 1. The number of aromatic nitrogens is 2. The maximum absolute atomic E-state index is 12.7. The average molecular weight is 423 g/mol. The molecule has 31 heavy (non-hydrogen) atoms. The van der Waals surface area contributed by atoms with Crippen LogP contribution in [0.15, 0.2) is 24.4 Å². The molecule has 1 saturated carbocycles. The van der Waals surface area contributed by atoms with Gasteiger partial charge in [-0.2, -0.15) is 0 Å². The lowest BCUT2D eigenvalue weighted by atomic mass is 9.86. The number of esters is 1. The second-order valence-electron chi connectivity index (χ2n) is 8.70. The largest absolute Gasteiger partial charge is 0.462 e. The summed E-state index contributed by atoms with van der Waals surface area (Å²) in [5.74, 6) is 1.29. The Labute approximate surface area is 185 Å². The Morgan fingerprint density at radius 1 is 1.19 bits per heavy atom. The van der Waals surface area contributed by atoms with Crippen LogP contribution < -0.4 is 10.2 Å². The number of ether oxygens (including phenoxy) is 1. The summed E-state index contributed by atoms with van der Waals surface area (Å²) >= 11 is 0. The zero-order chi connectivity index (χ0) is 21.6. The van der Waals surface area contributed by atoms with E-state index in [0.717, 1.165) is 66.9 Å². The monoisotopic (exact) mass is 422 g/mol. The van der Waals surface area contributed by atoms with Crippen LogP contribution in [0.1, 0.15) is 60.6 Å². The fourth-order valence-corrected chi connectivity index (χ4v) is 4.78. The molecular formula is C25H34N4O2. The van der Waals surface area contributed by atoms with Crippen LogP contribution in [0.2, 0.25) is 0 Å². The van der Waals surface area contributed by atoms with Gasteiger partial charge in [0.1, 0.15) is 5.82 Å². The van der Waals surface area contributed by atoms with E-state index in [0.29, 0.717) is 12.2 Å². The Morgan fingerprint density at radius 2 is 1.97 bits per heavy atom. The van der Waals surface area contributed by atoms with Crippen molar-refractivity contribution in [1.82, 2.24) is 15.3 Å². The van der Waals surface area contributed by atoms with Gasteiger partial charge in [-0.1, -0.05) is 32.1 Å². The molecule has 2 aromatic rings. The molecule has 0 amide bonds. The van der Waals surface area contributed by atoms with Crippen molar-refractivity contribution in [2.45, 2.75) is 52.4 Å². The van der Waals surface area contributed by atoms with E-state index in [1.807, 2.05) is 32.2 Å². The molecule has 1 N–H and O–H groups in total. The topological polar surface area (TPSA) is 67.3 Å². The fourth-order valence-electron chi connectivity index (χ4n) is 4.78. The molecule has 1 saturated heterocycles. The third-order valence-corrected chi connectivity index (χ3v) is 6.51. The first-order valence-corrected chi connectivity index (χ1v) is 11.8.